The number of rotatable bonds is 2. The Morgan fingerprint density at radius 1 is 1.67 bits per heavy atom. The third-order valence-corrected chi connectivity index (χ3v) is 1.31. The minimum Gasteiger partial charge on any atom is -0.503 e. The zero-order chi connectivity index (χ0) is 9.14. The van der Waals surface area contributed by atoms with Crippen molar-refractivity contribution in [1.29, 1.82) is 5.41 Å². The van der Waals surface area contributed by atoms with E-state index < -0.39 is 0 Å². The molecular weight excluding hydrogens is 160 g/mol. The van der Waals surface area contributed by atoms with Crippen LogP contribution < -0.4 is 10.2 Å². The lowest BCUT2D eigenvalue weighted by Gasteiger charge is -2.05. The lowest BCUT2D eigenvalue weighted by Crippen LogP contribution is -2.16. The van der Waals surface area contributed by atoms with E-state index in [1.807, 2.05) is 0 Å². The third-order valence-electron chi connectivity index (χ3n) is 1.31. The van der Waals surface area contributed by atoms with Crippen LogP contribution in [0.2, 0.25) is 0 Å². The third kappa shape index (κ3) is 1.50. The van der Waals surface area contributed by atoms with Gasteiger partial charge in [-0.3, -0.25) is 5.41 Å². The monoisotopic (exact) mass is 170 g/mol. The van der Waals surface area contributed by atoms with E-state index >= 15 is 0 Å². The van der Waals surface area contributed by atoms with E-state index in [0.29, 0.717) is 11.3 Å². The molecular formula is C7H10N2O3. The first-order valence-corrected chi connectivity index (χ1v) is 3.47. The van der Waals surface area contributed by atoms with Gasteiger partial charge in [0.05, 0.1) is 12.8 Å². The Balaban J connectivity index is 3.14. The Labute approximate surface area is 68.9 Å². The molecule has 0 bridgehead atoms. The molecule has 0 amide bonds. The fraction of sp³-hybridized carbons (Fsp3) is 0.286. The van der Waals surface area contributed by atoms with Crippen molar-refractivity contribution in [2.24, 2.45) is 0 Å². The Hall–Kier alpha value is -1.65. The summed E-state index contributed by atoms with van der Waals surface area (Å²) in [5.74, 6) is 0.0168. The zero-order valence-electron chi connectivity index (χ0n) is 6.61. The van der Waals surface area contributed by atoms with Gasteiger partial charge in [0.2, 0.25) is 0 Å². The molecule has 5 nitrogen and oxygen atoms in total. The molecule has 66 valence electrons. The number of aromatic nitrogens is 1. The van der Waals surface area contributed by atoms with Crippen molar-refractivity contribution < 1.29 is 15.1 Å². The molecule has 0 atom stereocenters. The highest BCUT2D eigenvalue weighted by Crippen LogP contribution is 2.21. The Bertz CT molecular complexity index is 332. The van der Waals surface area contributed by atoms with Crippen LogP contribution in [0.3, 0.4) is 0 Å². The van der Waals surface area contributed by atoms with Crippen molar-refractivity contribution in [3.8, 4) is 11.5 Å². The van der Waals surface area contributed by atoms with Crippen LogP contribution in [0, 0.1) is 5.41 Å². The van der Waals surface area contributed by atoms with Crippen LogP contribution in [0.1, 0.15) is 6.92 Å². The van der Waals surface area contributed by atoms with Gasteiger partial charge >= 0.3 is 0 Å². The van der Waals surface area contributed by atoms with E-state index in [4.69, 9.17) is 20.5 Å². The Morgan fingerprint density at radius 3 is 2.92 bits per heavy atom. The number of pyridine rings is 1. The summed E-state index contributed by atoms with van der Waals surface area (Å²) in [5, 5.41) is 25.2. The summed E-state index contributed by atoms with van der Waals surface area (Å²) < 4.78 is 5.49. The minimum absolute atomic E-state index is 0.142. The predicted molar refractivity (Wildman–Crippen MR) is 40.3 cm³/mol. The van der Waals surface area contributed by atoms with Crippen LogP contribution in [-0.2, 0) is 0 Å². The smallest absolute Gasteiger partial charge is 0.178 e. The van der Waals surface area contributed by atoms with Gasteiger partial charge in [0.25, 0.3) is 0 Å². The molecule has 0 aromatic carbocycles. The van der Waals surface area contributed by atoms with Crippen molar-refractivity contribution in [2.45, 2.75) is 6.92 Å². The van der Waals surface area contributed by atoms with Gasteiger partial charge in [0, 0.05) is 6.07 Å². The SMILES string of the molecule is CCOc1cc(=N)n(O)cc1O. The molecule has 1 rings (SSSR count). The van der Waals surface area contributed by atoms with Gasteiger partial charge in [0.15, 0.2) is 17.0 Å². The van der Waals surface area contributed by atoms with Crippen LogP contribution in [0.4, 0.5) is 0 Å². The molecule has 0 saturated carbocycles. The van der Waals surface area contributed by atoms with E-state index in [2.05, 4.69) is 0 Å². The summed E-state index contributed by atoms with van der Waals surface area (Å²) in [7, 11) is 0. The average Bonchev–Trinajstić information content (AvgIpc) is 2.01. The second kappa shape index (κ2) is 3.17. The molecule has 1 heterocycles. The maximum absolute atomic E-state index is 9.16. The molecule has 0 unspecified atom stereocenters. The second-order valence-corrected chi connectivity index (χ2v) is 2.19. The predicted octanol–water partition coefficient (Wildman–Crippen LogP) is 0.309. The number of ether oxygens (including phenoxy) is 1. The van der Waals surface area contributed by atoms with Crippen molar-refractivity contribution in [1.82, 2.24) is 4.73 Å². The molecule has 0 spiro atoms. The number of nitrogens with zero attached hydrogens (tertiary/aromatic N) is 1. The Kier molecular flexibility index (Phi) is 2.23. The van der Waals surface area contributed by atoms with E-state index in [1.54, 1.807) is 6.92 Å². The molecule has 1 aromatic heterocycles. The minimum atomic E-state index is -0.185. The first kappa shape index (κ1) is 8.45. The average molecular weight is 170 g/mol. The van der Waals surface area contributed by atoms with Crippen LogP contribution >= 0.6 is 0 Å². The largest absolute Gasteiger partial charge is 0.503 e. The lowest BCUT2D eigenvalue weighted by molar-refractivity contribution is 0.165. The molecule has 0 radical (unpaired) electrons. The van der Waals surface area contributed by atoms with Gasteiger partial charge in [0.1, 0.15) is 0 Å². The van der Waals surface area contributed by atoms with Gasteiger partial charge in [-0.15, -0.1) is 0 Å². The zero-order valence-corrected chi connectivity index (χ0v) is 6.61. The molecule has 3 N–H and O–H groups in total. The summed E-state index contributed by atoms with van der Waals surface area (Å²) in [6.45, 7) is 2.17. The van der Waals surface area contributed by atoms with Crippen molar-refractivity contribution in [3.63, 3.8) is 0 Å². The van der Waals surface area contributed by atoms with Gasteiger partial charge in [-0.25, -0.2) is 0 Å². The molecule has 0 saturated heterocycles. The van der Waals surface area contributed by atoms with Crippen LogP contribution in [0.25, 0.3) is 0 Å². The van der Waals surface area contributed by atoms with Crippen LogP contribution in [-0.4, -0.2) is 21.7 Å². The first-order chi connectivity index (χ1) is 5.65. The van der Waals surface area contributed by atoms with Gasteiger partial charge < -0.3 is 15.1 Å². The number of hydrogen-bond donors (Lipinski definition) is 3. The highest BCUT2D eigenvalue weighted by atomic mass is 16.5. The van der Waals surface area contributed by atoms with E-state index in [1.165, 1.54) is 6.07 Å². The summed E-state index contributed by atoms with van der Waals surface area (Å²) in [5.41, 5.74) is -0.142. The summed E-state index contributed by atoms with van der Waals surface area (Å²) in [4.78, 5) is 0. The second-order valence-electron chi connectivity index (χ2n) is 2.19. The van der Waals surface area contributed by atoms with Crippen LogP contribution in [0.5, 0.6) is 11.5 Å². The Morgan fingerprint density at radius 2 is 2.33 bits per heavy atom. The molecule has 0 fully saturated rings. The molecule has 12 heavy (non-hydrogen) atoms. The van der Waals surface area contributed by atoms with Crippen molar-refractivity contribution in [2.75, 3.05) is 6.61 Å². The number of hydrogen-bond acceptors (Lipinski definition) is 4. The quantitative estimate of drug-likeness (QED) is 0.559. The highest BCUT2D eigenvalue weighted by Gasteiger charge is 2.02. The van der Waals surface area contributed by atoms with E-state index in [9.17, 15) is 0 Å². The summed E-state index contributed by atoms with van der Waals surface area (Å²) in [6.07, 6.45) is 1.01. The van der Waals surface area contributed by atoms with Gasteiger partial charge in [-0.1, -0.05) is 0 Å². The van der Waals surface area contributed by atoms with Gasteiger partial charge in [-0.05, 0) is 6.92 Å². The number of nitrogens with one attached hydrogen (secondary N) is 1. The maximum atomic E-state index is 9.16. The molecule has 0 aliphatic heterocycles. The fourth-order valence-corrected chi connectivity index (χ4v) is 0.784. The normalized spacial score (nSPS) is 9.75. The molecule has 0 aliphatic carbocycles. The van der Waals surface area contributed by atoms with E-state index in [0.717, 1.165) is 6.20 Å². The molecule has 5 heteroatoms. The van der Waals surface area contributed by atoms with Crippen molar-refractivity contribution >= 4 is 0 Å². The topological polar surface area (TPSA) is 78.5 Å². The fourth-order valence-electron chi connectivity index (χ4n) is 0.784. The summed E-state index contributed by atoms with van der Waals surface area (Å²) in [6, 6.07) is 1.23. The standard InChI is InChI=1S/C7H10N2O3/c1-2-12-6-3-7(8)9(11)4-5(6)10/h3-4,8,10-11H,2H2,1H3. The first-order valence-electron chi connectivity index (χ1n) is 3.47. The summed E-state index contributed by atoms with van der Waals surface area (Å²) >= 11 is 0. The van der Waals surface area contributed by atoms with E-state index in [-0.39, 0.29) is 17.0 Å². The molecule has 0 aliphatic rings. The lowest BCUT2D eigenvalue weighted by atomic mass is 10.4. The molecule has 1 aromatic rings. The number of aromatic hydroxyl groups is 1. The van der Waals surface area contributed by atoms with Crippen molar-refractivity contribution in [3.05, 3.63) is 17.8 Å². The highest BCUT2D eigenvalue weighted by molar-refractivity contribution is 5.34. The maximum Gasteiger partial charge on any atom is 0.178 e. The van der Waals surface area contributed by atoms with Gasteiger partial charge in [-0.2, -0.15) is 4.73 Å². The van der Waals surface area contributed by atoms with Crippen LogP contribution in [0.15, 0.2) is 12.3 Å².